The summed E-state index contributed by atoms with van der Waals surface area (Å²) in [5.41, 5.74) is 9.78. The molecule has 0 aliphatic rings. The van der Waals surface area contributed by atoms with Crippen molar-refractivity contribution in [3.63, 3.8) is 0 Å². The van der Waals surface area contributed by atoms with E-state index in [1.54, 1.807) is 13.1 Å². The molecule has 3 aromatic rings. The molecule has 3 rings (SSSR count). The molecule has 0 bridgehead atoms. The summed E-state index contributed by atoms with van der Waals surface area (Å²) < 4.78 is 0.890. The number of aromatic amines is 3. The Balaban J connectivity index is 0.000000328. The molecule has 13 nitrogen and oxygen atoms in total. The molecule has 13 heteroatoms. The van der Waals surface area contributed by atoms with Crippen molar-refractivity contribution >= 4 is 11.9 Å². The van der Waals surface area contributed by atoms with Crippen LogP contribution in [0, 0.1) is 0 Å². The first-order valence-electron chi connectivity index (χ1n) is 12.1. The van der Waals surface area contributed by atoms with Crippen LogP contribution in [-0.2, 0) is 13.0 Å². The van der Waals surface area contributed by atoms with Crippen molar-refractivity contribution in [2.75, 3.05) is 11.5 Å². The maximum absolute atomic E-state index is 10.8. The fraction of sp³-hybridized carbons (Fsp3) is 0.591. The van der Waals surface area contributed by atoms with Gasteiger partial charge in [0.2, 0.25) is 11.9 Å². The molecule has 7 N–H and O–H groups in total. The lowest BCUT2D eigenvalue weighted by Crippen LogP contribution is -2.42. The SMILES string of the molecule is CCCCCCCCCCCc1ncc(-c2nc(N)nc(N)n2)[nH]1.CCn1c(=O)[nH]c(=O)[nH]c1=O. The van der Waals surface area contributed by atoms with Gasteiger partial charge in [-0.3, -0.25) is 9.97 Å². The summed E-state index contributed by atoms with van der Waals surface area (Å²) in [7, 11) is 0. The van der Waals surface area contributed by atoms with E-state index >= 15 is 0 Å². The first-order chi connectivity index (χ1) is 16.8. The summed E-state index contributed by atoms with van der Waals surface area (Å²) in [6, 6.07) is 0. The van der Waals surface area contributed by atoms with Gasteiger partial charge in [-0.25, -0.2) is 23.9 Å². The van der Waals surface area contributed by atoms with Crippen LogP contribution in [-0.4, -0.2) is 39.5 Å². The Labute approximate surface area is 202 Å². The van der Waals surface area contributed by atoms with Gasteiger partial charge < -0.3 is 16.5 Å². The number of nitrogens with two attached hydrogens (primary N) is 2. The molecule has 0 aliphatic carbocycles. The largest absolute Gasteiger partial charge is 0.368 e. The Hall–Kier alpha value is -3.77. The van der Waals surface area contributed by atoms with Crippen LogP contribution in [0.1, 0.15) is 77.5 Å². The van der Waals surface area contributed by atoms with E-state index in [9.17, 15) is 14.4 Å². The topological polar surface area (TPSA) is 207 Å². The van der Waals surface area contributed by atoms with Crippen molar-refractivity contribution in [3.8, 4) is 11.5 Å². The van der Waals surface area contributed by atoms with Gasteiger partial charge >= 0.3 is 17.1 Å². The maximum atomic E-state index is 10.8. The molecule has 0 radical (unpaired) electrons. The van der Waals surface area contributed by atoms with Crippen LogP contribution < -0.4 is 28.5 Å². The number of H-pyrrole nitrogens is 3. The van der Waals surface area contributed by atoms with E-state index in [0.29, 0.717) is 5.82 Å². The van der Waals surface area contributed by atoms with E-state index in [0.717, 1.165) is 28.9 Å². The van der Waals surface area contributed by atoms with Gasteiger partial charge in [-0.1, -0.05) is 58.3 Å². The van der Waals surface area contributed by atoms with E-state index in [2.05, 4.69) is 31.8 Å². The minimum absolute atomic E-state index is 0.118. The van der Waals surface area contributed by atoms with Gasteiger partial charge in [-0.2, -0.15) is 15.0 Å². The number of rotatable bonds is 12. The molecule has 35 heavy (non-hydrogen) atoms. The van der Waals surface area contributed by atoms with Crippen LogP contribution >= 0.6 is 0 Å². The van der Waals surface area contributed by atoms with Crippen LogP contribution in [0.3, 0.4) is 0 Å². The monoisotopic (exact) mass is 488 g/mol. The van der Waals surface area contributed by atoms with Crippen LogP contribution in [0.5, 0.6) is 0 Å². The minimum Gasteiger partial charge on any atom is -0.368 e. The summed E-state index contributed by atoms with van der Waals surface area (Å²) in [5.74, 6) is 1.62. The highest BCUT2D eigenvalue weighted by Gasteiger charge is 2.08. The van der Waals surface area contributed by atoms with Gasteiger partial charge in [-0.05, 0) is 13.3 Å². The average Bonchev–Trinajstić information content (AvgIpc) is 3.26. The number of aryl methyl sites for hydroxylation is 1. The number of hydrogen-bond acceptors (Lipinski definition) is 9. The van der Waals surface area contributed by atoms with Crippen LogP contribution in [0.4, 0.5) is 11.9 Å². The number of nitrogen functional groups attached to an aromatic ring is 2. The molecule has 0 atom stereocenters. The summed E-state index contributed by atoms with van der Waals surface area (Å²) in [4.78, 5) is 55.4. The van der Waals surface area contributed by atoms with Gasteiger partial charge in [0.1, 0.15) is 11.5 Å². The van der Waals surface area contributed by atoms with Crippen molar-refractivity contribution < 1.29 is 0 Å². The number of aromatic nitrogens is 8. The number of hydrogen-bond donors (Lipinski definition) is 5. The van der Waals surface area contributed by atoms with Crippen LogP contribution in [0.2, 0.25) is 0 Å². The molecular weight excluding hydrogens is 452 g/mol. The second kappa shape index (κ2) is 14.5. The number of anilines is 2. The molecule has 0 saturated heterocycles. The zero-order valence-corrected chi connectivity index (χ0v) is 20.5. The van der Waals surface area contributed by atoms with Gasteiger partial charge in [0, 0.05) is 13.0 Å². The maximum Gasteiger partial charge on any atom is 0.333 e. The zero-order chi connectivity index (χ0) is 25.6. The van der Waals surface area contributed by atoms with Gasteiger partial charge in [0.05, 0.1) is 6.20 Å². The average molecular weight is 489 g/mol. The predicted molar refractivity (Wildman–Crippen MR) is 135 cm³/mol. The highest BCUT2D eigenvalue weighted by molar-refractivity contribution is 5.51. The third-order valence-corrected chi connectivity index (χ3v) is 5.30. The number of nitrogens with one attached hydrogen (secondary N) is 3. The van der Waals surface area contributed by atoms with Gasteiger partial charge in [-0.15, -0.1) is 0 Å². The highest BCUT2D eigenvalue weighted by Crippen LogP contribution is 2.15. The van der Waals surface area contributed by atoms with E-state index in [4.69, 9.17) is 11.5 Å². The summed E-state index contributed by atoms with van der Waals surface area (Å²) in [6.45, 7) is 4.13. The summed E-state index contributed by atoms with van der Waals surface area (Å²) in [6.07, 6.45) is 14.5. The molecule has 0 fully saturated rings. The smallest absolute Gasteiger partial charge is 0.333 e. The standard InChI is InChI=1S/C17H29N7.C5H7N3O3/c1-2-3-4-5-6-7-8-9-10-11-14-20-12-13(21-14)15-22-16(18)24-17(19)23-15;1-2-8-4(10)6-3(9)7-5(8)11/h12H,2-11H2,1H3,(H,20,21)(H4,18,19,22,23,24);2H2,1H3,(H2,6,7,9,10,11). The third-order valence-electron chi connectivity index (χ3n) is 5.30. The summed E-state index contributed by atoms with van der Waals surface area (Å²) in [5, 5.41) is 0. The van der Waals surface area contributed by atoms with Crippen molar-refractivity contribution in [3.05, 3.63) is 43.5 Å². The van der Waals surface area contributed by atoms with Crippen LogP contribution in [0.15, 0.2) is 20.6 Å². The molecule has 0 spiro atoms. The molecule has 3 heterocycles. The number of imidazole rings is 1. The van der Waals surface area contributed by atoms with Crippen molar-refractivity contribution in [2.45, 2.75) is 84.6 Å². The Kier molecular flexibility index (Phi) is 11.4. The first-order valence-corrected chi connectivity index (χ1v) is 12.1. The Morgan fingerprint density at radius 3 is 1.86 bits per heavy atom. The molecule has 0 unspecified atom stereocenters. The quantitative estimate of drug-likeness (QED) is 0.235. The molecular formula is C22H36N10O3. The second-order valence-corrected chi connectivity index (χ2v) is 8.13. The van der Waals surface area contributed by atoms with Crippen molar-refractivity contribution in [1.82, 2.24) is 39.5 Å². The second-order valence-electron chi connectivity index (χ2n) is 8.13. The van der Waals surface area contributed by atoms with Crippen LogP contribution in [0.25, 0.3) is 11.5 Å². The minimum atomic E-state index is -0.773. The molecule has 3 aromatic heterocycles. The fourth-order valence-corrected chi connectivity index (χ4v) is 3.48. The highest BCUT2D eigenvalue weighted by atomic mass is 16.2. The van der Waals surface area contributed by atoms with Gasteiger partial charge in [0.25, 0.3) is 0 Å². The van der Waals surface area contributed by atoms with Gasteiger partial charge in [0.15, 0.2) is 5.82 Å². The number of nitrogens with zero attached hydrogens (tertiary/aromatic N) is 5. The first kappa shape index (κ1) is 27.5. The number of unbranched alkanes of at least 4 members (excludes halogenated alkanes) is 8. The fourth-order valence-electron chi connectivity index (χ4n) is 3.48. The lowest BCUT2D eigenvalue weighted by atomic mass is 10.1. The van der Waals surface area contributed by atoms with E-state index in [-0.39, 0.29) is 18.4 Å². The zero-order valence-electron chi connectivity index (χ0n) is 20.5. The van der Waals surface area contributed by atoms with Crippen molar-refractivity contribution in [1.29, 1.82) is 0 Å². The Morgan fingerprint density at radius 1 is 0.771 bits per heavy atom. The molecule has 192 valence electrons. The molecule has 0 amide bonds. The van der Waals surface area contributed by atoms with E-state index in [1.807, 2.05) is 9.97 Å². The Bertz CT molecular complexity index is 1160. The normalized spacial score (nSPS) is 10.7. The molecule has 0 saturated carbocycles. The third kappa shape index (κ3) is 9.55. The lowest BCUT2D eigenvalue weighted by Gasteiger charge is -2.01. The Morgan fingerprint density at radius 2 is 1.31 bits per heavy atom. The lowest BCUT2D eigenvalue weighted by molar-refractivity contribution is 0.562. The summed E-state index contributed by atoms with van der Waals surface area (Å²) >= 11 is 0. The van der Waals surface area contributed by atoms with E-state index in [1.165, 1.54) is 51.4 Å². The van der Waals surface area contributed by atoms with E-state index < -0.39 is 17.1 Å². The molecule has 0 aliphatic heterocycles. The molecule has 0 aromatic carbocycles. The van der Waals surface area contributed by atoms with Crippen molar-refractivity contribution in [2.24, 2.45) is 0 Å². The predicted octanol–water partition coefficient (Wildman–Crippen LogP) is 1.74.